The normalized spacial score (nSPS) is 30.3. The van der Waals surface area contributed by atoms with Crippen LogP contribution in [0.25, 0.3) is 0 Å². The molecule has 118 valence electrons. The van der Waals surface area contributed by atoms with E-state index in [0.29, 0.717) is 10.8 Å². The maximum Gasteiger partial charge on any atom is 0.183 e. The van der Waals surface area contributed by atoms with E-state index in [1.54, 1.807) is 6.07 Å². The van der Waals surface area contributed by atoms with Crippen molar-refractivity contribution in [1.82, 2.24) is 5.32 Å². The van der Waals surface area contributed by atoms with Crippen LogP contribution in [0.5, 0.6) is 0 Å². The molecule has 0 aliphatic heterocycles. The Morgan fingerprint density at radius 3 is 2.48 bits per heavy atom. The van der Waals surface area contributed by atoms with Crippen LogP contribution in [-0.2, 0) is 9.84 Å². The summed E-state index contributed by atoms with van der Waals surface area (Å²) >= 11 is 0. The molecule has 1 aliphatic carbocycles. The van der Waals surface area contributed by atoms with E-state index in [9.17, 15) is 8.42 Å². The molecule has 4 unspecified atom stereocenters. The lowest BCUT2D eigenvalue weighted by Gasteiger charge is -2.39. The number of hydrogen-bond donors (Lipinski definition) is 1. The standard InChI is InChI=1S/C17H27NO2S/c1-5-18-15-11-12(2)10-14(4)17(15)21(19,20)16-9-7-6-8-13(16)3/h6-9,12,14-15,17-18H,5,10-11H2,1-4H3. The second-order valence-electron chi connectivity index (χ2n) is 6.49. The van der Waals surface area contributed by atoms with Crippen LogP contribution in [0, 0.1) is 18.8 Å². The number of hydrogen-bond acceptors (Lipinski definition) is 3. The third-order valence-electron chi connectivity index (χ3n) is 4.61. The Balaban J connectivity index is 2.43. The van der Waals surface area contributed by atoms with Gasteiger partial charge in [-0.15, -0.1) is 0 Å². The van der Waals surface area contributed by atoms with E-state index in [2.05, 4.69) is 19.2 Å². The molecule has 0 radical (unpaired) electrons. The average Bonchev–Trinajstić information content (AvgIpc) is 2.38. The first kappa shape index (κ1) is 16.5. The number of sulfone groups is 1. The molecule has 0 spiro atoms. The number of aryl methyl sites for hydroxylation is 1. The highest BCUT2D eigenvalue weighted by Crippen LogP contribution is 2.36. The summed E-state index contributed by atoms with van der Waals surface area (Å²) in [5, 5.41) is 3.09. The van der Waals surface area contributed by atoms with Gasteiger partial charge in [-0.25, -0.2) is 8.42 Å². The van der Waals surface area contributed by atoms with E-state index in [1.165, 1.54) is 0 Å². The highest BCUT2D eigenvalue weighted by atomic mass is 32.2. The first-order chi connectivity index (χ1) is 9.87. The molecular formula is C17H27NO2S. The van der Waals surface area contributed by atoms with Crippen LogP contribution < -0.4 is 5.32 Å². The summed E-state index contributed by atoms with van der Waals surface area (Å²) in [6, 6.07) is 7.39. The zero-order chi connectivity index (χ0) is 15.6. The fourth-order valence-corrected chi connectivity index (χ4v) is 6.28. The molecule has 4 atom stereocenters. The van der Waals surface area contributed by atoms with Gasteiger partial charge in [-0.05, 0) is 49.8 Å². The van der Waals surface area contributed by atoms with Crippen LogP contribution in [-0.4, -0.2) is 26.3 Å². The molecule has 0 bridgehead atoms. The Kier molecular flexibility index (Phi) is 5.10. The van der Waals surface area contributed by atoms with Gasteiger partial charge in [-0.2, -0.15) is 0 Å². The molecule has 1 aromatic carbocycles. The maximum atomic E-state index is 13.2. The van der Waals surface area contributed by atoms with Crippen molar-refractivity contribution >= 4 is 9.84 Å². The van der Waals surface area contributed by atoms with Crippen molar-refractivity contribution in [1.29, 1.82) is 0 Å². The van der Waals surface area contributed by atoms with Gasteiger partial charge in [0.05, 0.1) is 10.1 Å². The van der Waals surface area contributed by atoms with Gasteiger partial charge < -0.3 is 5.32 Å². The Morgan fingerprint density at radius 1 is 1.19 bits per heavy atom. The lowest BCUT2D eigenvalue weighted by atomic mass is 9.80. The van der Waals surface area contributed by atoms with E-state index in [0.717, 1.165) is 24.9 Å². The highest BCUT2D eigenvalue weighted by Gasteiger charge is 2.42. The summed E-state index contributed by atoms with van der Waals surface area (Å²) < 4.78 is 26.3. The average molecular weight is 309 g/mol. The lowest BCUT2D eigenvalue weighted by molar-refractivity contribution is 0.244. The van der Waals surface area contributed by atoms with Gasteiger partial charge in [0, 0.05) is 6.04 Å². The van der Waals surface area contributed by atoms with Gasteiger partial charge in [-0.3, -0.25) is 0 Å². The molecule has 2 rings (SSSR count). The monoisotopic (exact) mass is 309 g/mol. The topological polar surface area (TPSA) is 46.2 Å². The number of benzene rings is 1. The predicted molar refractivity (Wildman–Crippen MR) is 87.2 cm³/mol. The van der Waals surface area contributed by atoms with E-state index in [-0.39, 0.29) is 17.2 Å². The van der Waals surface area contributed by atoms with E-state index >= 15 is 0 Å². The second-order valence-corrected chi connectivity index (χ2v) is 8.57. The predicted octanol–water partition coefficient (Wildman–Crippen LogP) is 3.18. The summed E-state index contributed by atoms with van der Waals surface area (Å²) in [4.78, 5) is 0.499. The molecule has 0 amide bonds. The van der Waals surface area contributed by atoms with Gasteiger partial charge in [-0.1, -0.05) is 39.0 Å². The van der Waals surface area contributed by atoms with Crippen LogP contribution >= 0.6 is 0 Å². The van der Waals surface area contributed by atoms with Gasteiger partial charge in [0.15, 0.2) is 9.84 Å². The fourth-order valence-electron chi connectivity index (χ4n) is 3.84. The zero-order valence-corrected chi connectivity index (χ0v) is 14.3. The molecule has 1 saturated carbocycles. The minimum atomic E-state index is -3.30. The number of rotatable bonds is 4. The first-order valence-electron chi connectivity index (χ1n) is 7.90. The maximum absolute atomic E-state index is 13.2. The van der Waals surface area contributed by atoms with Gasteiger partial charge in [0.1, 0.15) is 0 Å². The molecule has 1 N–H and O–H groups in total. The Hall–Kier alpha value is -0.870. The van der Waals surface area contributed by atoms with Crippen LogP contribution in [0.1, 0.15) is 39.2 Å². The minimum Gasteiger partial charge on any atom is -0.313 e. The van der Waals surface area contributed by atoms with Crippen LogP contribution in [0.2, 0.25) is 0 Å². The molecule has 0 saturated heterocycles. The summed E-state index contributed by atoms with van der Waals surface area (Å²) in [6.07, 6.45) is 1.92. The Labute approximate surface area is 129 Å². The Bertz CT molecular complexity index is 582. The molecule has 1 fully saturated rings. The van der Waals surface area contributed by atoms with Crippen LogP contribution in [0.4, 0.5) is 0 Å². The van der Waals surface area contributed by atoms with Crippen molar-refractivity contribution in [2.45, 2.75) is 56.7 Å². The summed E-state index contributed by atoms with van der Waals surface area (Å²) in [6.45, 7) is 9.04. The van der Waals surface area contributed by atoms with Crippen molar-refractivity contribution in [3.8, 4) is 0 Å². The summed E-state index contributed by atoms with van der Waals surface area (Å²) in [7, 11) is -3.30. The minimum absolute atomic E-state index is 0.0540. The van der Waals surface area contributed by atoms with Crippen molar-refractivity contribution < 1.29 is 8.42 Å². The fraction of sp³-hybridized carbons (Fsp3) is 0.647. The molecule has 4 heteroatoms. The van der Waals surface area contributed by atoms with E-state index < -0.39 is 9.84 Å². The lowest BCUT2D eigenvalue weighted by Crippen LogP contribution is -2.51. The zero-order valence-electron chi connectivity index (χ0n) is 13.5. The smallest absolute Gasteiger partial charge is 0.183 e. The van der Waals surface area contributed by atoms with Crippen molar-refractivity contribution in [2.75, 3.05) is 6.54 Å². The van der Waals surface area contributed by atoms with Crippen molar-refractivity contribution in [3.63, 3.8) is 0 Å². The molecular weight excluding hydrogens is 282 g/mol. The van der Waals surface area contributed by atoms with Crippen LogP contribution in [0.15, 0.2) is 29.2 Å². The molecule has 1 aliphatic rings. The third-order valence-corrected chi connectivity index (χ3v) is 7.19. The first-order valence-corrected chi connectivity index (χ1v) is 9.45. The third kappa shape index (κ3) is 3.32. The molecule has 1 aromatic rings. The summed E-state index contributed by atoms with van der Waals surface area (Å²) in [5.41, 5.74) is 0.846. The van der Waals surface area contributed by atoms with Crippen molar-refractivity contribution in [3.05, 3.63) is 29.8 Å². The van der Waals surface area contributed by atoms with E-state index in [1.807, 2.05) is 32.0 Å². The SMILES string of the molecule is CCNC1CC(C)CC(C)C1S(=O)(=O)c1ccccc1C. The number of nitrogens with one attached hydrogen (secondary N) is 1. The van der Waals surface area contributed by atoms with Crippen molar-refractivity contribution in [2.24, 2.45) is 11.8 Å². The summed E-state index contributed by atoms with van der Waals surface area (Å²) in [5.74, 6) is 0.759. The molecule has 21 heavy (non-hydrogen) atoms. The highest BCUT2D eigenvalue weighted by molar-refractivity contribution is 7.92. The van der Waals surface area contributed by atoms with Crippen LogP contribution in [0.3, 0.4) is 0 Å². The van der Waals surface area contributed by atoms with Gasteiger partial charge in [0.2, 0.25) is 0 Å². The second kappa shape index (κ2) is 6.49. The molecule has 0 aromatic heterocycles. The van der Waals surface area contributed by atoms with Gasteiger partial charge >= 0.3 is 0 Å². The largest absolute Gasteiger partial charge is 0.313 e. The Morgan fingerprint density at radius 2 is 1.86 bits per heavy atom. The quantitative estimate of drug-likeness (QED) is 0.929. The van der Waals surface area contributed by atoms with E-state index in [4.69, 9.17) is 0 Å². The van der Waals surface area contributed by atoms with Gasteiger partial charge in [0.25, 0.3) is 0 Å². The molecule has 3 nitrogen and oxygen atoms in total. The molecule has 0 heterocycles.